The van der Waals surface area contributed by atoms with Crippen molar-refractivity contribution in [3.05, 3.63) is 181 Å². The standard InChI is InChI=1S/C45H30N6/c46-44(49-45-42(29-15-3-1-4-16-29)47-35-22-10-11-23-36(35)48-45)34-21-9-14-26-39(34)51-38-25-13-8-20-33(38)41-40(51)28-27-32-31-19-7-12-24-37(31)50(43(32)41)30-17-5-2-6-18-30/h1-28H,(H2,46,48,49). The number of H-pyrrole nitrogens is 1. The average molecular weight is 655 g/mol. The molecule has 0 bridgehead atoms. The molecule has 0 radical (unpaired) electrons. The molecule has 7 aromatic carbocycles. The molecule has 0 unspecified atom stereocenters. The van der Waals surface area contributed by atoms with Gasteiger partial charge >= 0.3 is 0 Å². The Kier molecular flexibility index (Phi) is 6.54. The maximum atomic E-state index is 9.51. The summed E-state index contributed by atoms with van der Waals surface area (Å²) in [5, 5.41) is 14.2. The largest absolute Gasteiger partial charge is 0.337 e. The molecule has 6 nitrogen and oxygen atoms in total. The number of aromatic nitrogens is 4. The molecule has 6 heteroatoms. The molecule has 240 valence electrons. The summed E-state index contributed by atoms with van der Waals surface area (Å²) < 4.78 is 4.68. The van der Waals surface area contributed by atoms with Crippen LogP contribution in [0.2, 0.25) is 0 Å². The van der Waals surface area contributed by atoms with Crippen molar-refractivity contribution in [1.82, 2.24) is 19.1 Å². The lowest BCUT2D eigenvalue weighted by molar-refractivity contribution is 1.13. The number of rotatable bonds is 4. The van der Waals surface area contributed by atoms with Crippen molar-refractivity contribution >= 4 is 60.5 Å². The molecule has 10 aromatic rings. The predicted octanol–water partition coefficient (Wildman–Crippen LogP) is 10.4. The van der Waals surface area contributed by atoms with Gasteiger partial charge in [0.2, 0.25) is 0 Å². The van der Waals surface area contributed by atoms with Crippen LogP contribution in [0.4, 0.5) is 0 Å². The van der Waals surface area contributed by atoms with Gasteiger partial charge in [0.15, 0.2) is 11.3 Å². The smallest absolute Gasteiger partial charge is 0.159 e. The number of para-hydroxylation sites is 6. The van der Waals surface area contributed by atoms with Gasteiger partial charge in [-0.15, -0.1) is 0 Å². The van der Waals surface area contributed by atoms with Crippen molar-refractivity contribution in [3.63, 3.8) is 0 Å². The van der Waals surface area contributed by atoms with Gasteiger partial charge in [0.1, 0.15) is 5.69 Å². The Bertz CT molecular complexity index is 3040. The zero-order chi connectivity index (χ0) is 33.9. The second-order valence-electron chi connectivity index (χ2n) is 12.7. The van der Waals surface area contributed by atoms with E-state index in [1.165, 1.54) is 21.7 Å². The summed E-state index contributed by atoms with van der Waals surface area (Å²) in [7, 11) is 0. The molecule has 51 heavy (non-hydrogen) atoms. The van der Waals surface area contributed by atoms with E-state index in [1.54, 1.807) is 0 Å². The van der Waals surface area contributed by atoms with Gasteiger partial charge in [0, 0.05) is 38.4 Å². The normalized spacial score (nSPS) is 12.1. The van der Waals surface area contributed by atoms with Gasteiger partial charge in [-0.05, 0) is 54.6 Å². The van der Waals surface area contributed by atoms with E-state index in [1.807, 2.05) is 72.8 Å². The number of amidine groups is 1. The first-order valence-electron chi connectivity index (χ1n) is 17.0. The number of hydrogen-bond acceptors (Lipinski definition) is 2. The van der Waals surface area contributed by atoms with E-state index in [2.05, 4.69) is 111 Å². The van der Waals surface area contributed by atoms with Gasteiger partial charge in [0.25, 0.3) is 0 Å². The van der Waals surface area contributed by atoms with Gasteiger partial charge in [-0.25, -0.2) is 9.98 Å². The van der Waals surface area contributed by atoms with Crippen LogP contribution in [0.3, 0.4) is 0 Å². The van der Waals surface area contributed by atoms with Crippen molar-refractivity contribution in [3.8, 4) is 22.6 Å². The average Bonchev–Trinajstić information content (AvgIpc) is 3.71. The first kappa shape index (κ1) is 28.9. The molecular weight excluding hydrogens is 625 g/mol. The molecule has 0 saturated carbocycles. The number of benzene rings is 7. The van der Waals surface area contributed by atoms with Gasteiger partial charge < -0.3 is 14.1 Å². The molecular formula is C45H30N6. The monoisotopic (exact) mass is 654 g/mol. The Balaban J connectivity index is 1.25. The lowest BCUT2D eigenvalue weighted by Crippen LogP contribution is -2.17. The van der Waals surface area contributed by atoms with E-state index in [0.29, 0.717) is 16.7 Å². The molecule has 0 aliphatic heterocycles. The summed E-state index contributed by atoms with van der Waals surface area (Å²) >= 11 is 0. The van der Waals surface area contributed by atoms with Crippen molar-refractivity contribution in [2.75, 3.05) is 0 Å². The number of nitrogens with zero attached hydrogens (tertiary/aromatic N) is 4. The fourth-order valence-electron chi connectivity index (χ4n) is 7.57. The Morgan fingerprint density at radius 2 is 1.20 bits per heavy atom. The van der Waals surface area contributed by atoms with Crippen LogP contribution >= 0.6 is 0 Å². The van der Waals surface area contributed by atoms with E-state index < -0.39 is 0 Å². The lowest BCUT2D eigenvalue weighted by Gasteiger charge is -2.13. The molecule has 0 amide bonds. The van der Waals surface area contributed by atoms with Crippen LogP contribution in [-0.4, -0.2) is 24.9 Å². The van der Waals surface area contributed by atoms with E-state index in [4.69, 9.17) is 9.98 Å². The Labute approximate surface area is 292 Å². The van der Waals surface area contributed by atoms with Crippen LogP contribution in [0.1, 0.15) is 5.56 Å². The van der Waals surface area contributed by atoms with Gasteiger partial charge in [-0.1, -0.05) is 115 Å². The molecule has 3 heterocycles. The van der Waals surface area contributed by atoms with Crippen LogP contribution in [0.15, 0.2) is 175 Å². The molecule has 3 aromatic heterocycles. The summed E-state index contributed by atoms with van der Waals surface area (Å²) in [6, 6.07) is 58.3. The summed E-state index contributed by atoms with van der Waals surface area (Å²) in [5.74, 6) is 0.140. The number of fused-ring (bicyclic) bond motifs is 8. The van der Waals surface area contributed by atoms with Gasteiger partial charge in [0.05, 0.1) is 38.8 Å². The summed E-state index contributed by atoms with van der Waals surface area (Å²) in [6.07, 6.45) is 0. The van der Waals surface area contributed by atoms with Gasteiger partial charge in [-0.2, -0.15) is 0 Å². The zero-order valence-electron chi connectivity index (χ0n) is 27.5. The Hall–Kier alpha value is -7.05. The van der Waals surface area contributed by atoms with Crippen molar-refractivity contribution in [2.24, 2.45) is 4.99 Å². The summed E-state index contributed by atoms with van der Waals surface area (Å²) in [5.41, 5.74) is 11.0. The third-order valence-electron chi connectivity index (χ3n) is 9.77. The fraction of sp³-hybridized carbons (Fsp3) is 0. The highest BCUT2D eigenvalue weighted by atomic mass is 15.0. The van der Waals surface area contributed by atoms with Crippen LogP contribution < -0.4 is 5.49 Å². The summed E-state index contributed by atoms with van der Waals surface area (Å²) in [4.78, 5) is 13.4. The molecule has 0 saturated heterocycles. The highest BCUT2D eigenvalue weighted by molar-refractivity contribution is 6.26. The topological polar surface area (TPSA) is 74.8 Å². The fourth-order valence-corrected chi connectivity index (χ4v) is 7.57. The third-order valence-corrected chi connectivity index (χ3v) is 9.77. The highest BCUT2D eigenvalue weighted by Crippen LogP contribution is 2.42. The SMILES string of the molecule is N=C(N=c1[nH]c2ccccc2nc1-c1ccccc1)c1ccccc1-n1c2ccccc2c2c1ccc1c3ccccc3n(-c3ccccc3)c12. The highest BCUT2D eigenvalue weighted by Gasteiger charge is 2.22. The first-order chi connectivity index (χ1) is 25.2. The first-order valence-corrected chi connectivity index (χ1v) is 17.0. The summed E-state index contributed by atoms with van der Waals surface area (Å²) in [6.45, 7) is 0. The second-order valence-corrected chi connectivity index (χ2v) is 12.7. The number of nitrogens with one attached hydrogen (secondary N) is 2. The van der Waals surface area contributed by atoms with E-state index in [0.717, 1.165) is 49.9 Å². The van der Waals surface area contributed by atoms with Crippen molar-refractivity contribution in [1.29, 1.82) is 5.41 Å². The quantitative estimate of drug-likeness (QED) is 0.144. The van der Waals surface area contributed by atoms with Crippen LogP contribution in [0.5, 0.6) is 0 Å². The molecule has 0 aliphatic carbocycles. The maximum Gasteiger partial charge on any atom is 0.159 e. The van der Waals surface area contributed by atoms with Crippen LogP contribution in [0, 0.1) is 5.41 Å². The molecule has 0 fully saturated rings. The molecule has 0 aliphatic rings. The van der Waals surface area contributed by atoms with Crippen molar-refractivity contribution < 1.29 is 0 Å². The molecule has 2 N–H and O–H groups in total. The van der Waals surface area contributed by atoms with Crippen LogP contribution in [0.25, 0.3) is 77.3 Å². The maximum absolute atomic E-state index is 9.51. The predicted molar refractivity (Wildman–Crippen MR) is 209 cm³/mol. The molecule has 10 rings (SSSR count). The minimum absolute atomic E-state index is 0.140. The zero-order valence-corrected chi connectivity index (χ0v) is 27.5. The number of hydrogen-bond donors (Lipinski definition) is 2. The van der Waals surface area contributed by atoms with E-state index in [9.17, 15) is 5.41 Å². The second kappa shape index (κ2) is 11.5. The van der Waals surface area contributed by atoms with E-state index in [-0.39, 0.29) is 5.84 Å². The Morgan fingerprint density at radius 1 is 0.549 bits per heavy atom. The lowest BCUT2D eigenvalue weighted by atomic mass is 10.1. The third kappa shape index (κ3) is 4.54. The minimum Gasteiger partial charge on any atom is -0.337 e. The Morgan fingerprint density at radius 3 is 2.02 bits per heavy atom. The van der Waals surface area contributed by atoms with Gasteiger partial charge in [-0.3, -0.25) is 5.41 Å². The molecule has 0 atom stereocenters. The number of aromatic amines is 1. The molecule has 0 spiro atoms. The van der Waals surface area contributed by atoms with Crippen LogP contribution in [-0.2, 0) is 0 Å². The van der Waals surface area contributed by atoms with E-state index >= 15 is 0 Å². The minimum atomic E-state index is 0.140. The van der Waals surface area contributed by atoms with Crippen molar-refractivity contribution in [2.45, 2.75) is 0 Å².